The molecule has 0 bridgehead atoms. The van der Waals surface area contributed by atoms with Crippen molar-refractivity contribution < 1.29 is 10.2 Å². The van der Waals surface area contributed by atoms with Crippen molar-refractivity contribution in [1.29, 1.82) is 0 Å². The molecule has 0 saturated carbocycles. The van der Waals surface area contributed by atoms with Gasteiger partial charge in [0.1, 0.15) is 0 Å². The fourth-order valence-electron chi connectivity index (χ4n) is 0.975. The Bertz CT molecular complexity index is 181. The third-order valence-electron chi connectivity index (χ3n) is 2.07. The number of aliphatic hydroxyl groups excluding tert-OH is 1. The molecule has 0 radical (unpaired) electrons. The highest BCUT2D eigenvalue weighted by atomic mass is 16.3. The first-order valence-electron chi connectivity index (χ1n) is 4.64. The first-order chi connectivity index (χ1) is 6.02. The van der Waals surface area contributed by atoms with Gasteiger partial charge in [-0.1, -0.05) is 17.7 Å². The van der Waals surface area contributed by atoms with Crippen LogP contribution in [0.15, 0.2) is 24.3 Å². The van der Waals surface area contributed by atoms with Crippen LogP contribution in [0.2, 0.25) is 0 Å². The van der Waals surface area contributed by atoms with E-state index in [1.165, 1.54) is 0 Å². The molecule has 1 unspecified atom stereocenters. The molecule has 1 atom stereocenters. The van der Waals surface area contributed by atoms with Crippen LogP contribution in [0.25, 0.3) is 0 Å². The van der Waals surface area contributed by atoms with Crippen molar-refractivity contribution in [3.63, 3.8) is 0 Å². The van der Waals surface area contributed by atoms with E-state index in [0.29, 0.717) is 6.42 Å². The van der Waals surface area contributed by atoms with Gasteiger partial charge in [-0.2, -0.15) is 0 Å². The van der Waals surface area contributed by atoms with Crippen LogP contribution in [-0.2, 0) is 0 Å². The maximum Gasteiger partial charge on any atom is 0.0797 e. The van der Waals surface area contributed by atoms with Gasteiger partial charge in [-0.25, -0.2) is 0 Å². The van der Waals surface area contributed by atoms with Gasteiger partial charge >= 0.3 is 0 Å². The molecule has 0 fully saturated rings. The zero-order chi connectivity index (χ0) is 10.3. The Morgan fingerprint density at radius 1 is 1.54 bits per heavy atom. The summed E-state index contributed by atoms with van der Waals surface area (Å²) in [5, 5.41) is 18.3. The molecule has 0 saturated heterocycles. The minimum Gasteiger partial charge on any atom is -0.392 e. The molecule has 0 spiro atoms. The first-order valence-corrected chi connectivity index (χ1v) is 4.64. The molecule has 2 nitrogen and oxygen atoms in total. The van der Waals surface area contributed by atoms with Crippen molar-refractivity contribution in [1.82, 2.24) is 0 Å². The van der Waals surface area contributed by atoms with Crippen LogP contribution in [-0.4, -0.2) is 22.4 Å². The minimum atomic E-state index is -0.749. The van der Waals surface area contributed by atoms with Gasteiger partial charge in [-0.05, 0) is 33.1 Å². The summed E-state index contributed by atoms with van der Waals surface area (Å²) in [7, 11) is 0. The van der Waals surface area contributed by atoms with Crippen molar-refractivity contribution in [2.75, 3.05) is 6.61 Å². The van der Waals surface area contributed by atoms with Crippen molar-refractivity contribution in [2.24, 2.45) is 0 Å². The van der Waals surface area contributed by atoms with Crippen LogP contribution < -0.4 is 0 Å². The predicted octanol–water partition coefficient (Wildman–Crippen LogP) is 2.03. The number of hydrogen-bond donors (Lipinski definition) is 2. The molecule has 0 aliphatic heterocycles. The van der Waals surface area contributed by atoms with Gasteiger partial charge in [-0.3, -0.25) is 0 Å². The quantitative estimate of drug-likeness (QED) is 0.490. The maximum atomic E-state index is 9.56. The molecular weight excluding hydrogens is 164 g/mol. The van der Waals surface area contributed by atoms with Gasteiger partial charge in [0.25, 0.3) is 0 Å². The van der Waals surface area contributed by atoms with Crippen molar-refractivity contribution in [3.05, 3.63) is 24.3 Å². The summed E-state index contributed by atoms with van der Waals surface area (Å²) in [4.78, 5) is 0. The summed E-state index contributed by atoms with van der Waals surface area (Å²) in [6, 6.07) is 0. The smallest absolute Gasteiger partial charge is 0.0797 e. The average molecular weight is 184 g/mol. The zero-order valence-corrected chi connectivity index (χ0v) is 8.58. The average Bonchev–Trinajstić information content (AvgIpc) is 2.12. The van der Waals surface area contributed by atoms with E-state index in [4.69, 9.17) is 5.11 Å². The van der Waals surface area contributed by atoms with E-state index in [2.05, 4.69) is 6.58 Å². The Kier molecular flexibility index (Phi) is 5.67. The van der Waals surface area contributed by atoms with E-state index in [0.717, 1.165) is 18.4 Å². The number of rotatable bonds is 6. The summed E-state index contributed by atoms with van der Waals surface area (Å²) in [5.74, 6) is 0. The van der Waals surface area contributed by atoms with Crippen molar-refractivity contribution >= 4 is 0 Å². The van der Waals surface area contributed by atoms with Gasteiger partial charge in [0.15, 0.2) is 0 Å². The molecule has 76 valence electrons. The highest BCUT2D eigenvalue weighted by Gasteiger charge is 2.13. The van der Waals surface area contributed by atoms with Crippen LogP contribution in [0.3, 0.4) is 0 Å². The molecule has 0 aromatic carbocycles. The molecule has 0 rings (SSSR count). The van der Waals surface area contributed by atoms with E-state index >= 15 is 0 Å². The lowest BCUT2D eigenvalue weighted by Crippen LogP contribution is -2.19. The van der Waals surface area contributed by atoms with Gasteiger partial charge < -0.3 is 10.2 Å². The van der Waals surface area contributed by atoms with Crippen LogP contribution in [0.4, 0.5) is 0 Å². The summed E-state index contributed by atoms with van der Waals surface area (Å²) in [5.41, 5.74) is 0.235. The Morgan fingerprint density at radius 2 is 2.15 bits per heavy atom. The van der Waals surface area contributed by atoms with Crippen LogP contribution in [0.1, 0.15) is 33.1 Å². The number of hydrogen-bond acceptors (Lipinski definition) is 2. The summed E-state index contributed by atoms with van der Waals surface area (Å²) in [6.07, 6.45) is 6.09. The normalized spacial score (nSPS) is 16.8. The van der Waals surface area contributed by atoms with Crippen molar-refractivity contribution in [2.45, 2.75) is 38.7 Å². The molecule has 0 aliphatic carbocycles. The molecular formula is C11H20O2. The lowest BCUT2D eigenvalue weighted by Gasteiger charge is -2.17. The molecule has 13 heavy (non-hydrogen) atoms. The van der Waals surface area contributed by atoms with E-state index in [-0.39, 0.29) is 6.61 Å². The highest BCUT2D eigenvalue weighted by molar-refractivity contribution is 4.98. The number of allylic oxidation sites excluding steroid dienone is 1. The Hall–Kier alpha value is -0.600. The SMILES string of the molecule is C=CC(C)(O)CCC/C=C(\C)CO. The second-order valence-corrected chi connectivity index (χ2v) is 3.66. The van der Waals surface area contributed by atoms with E-state index < -0.39 is 5.60 Å². The Morgan fingerprint density at radius 3 is 2.62 bits per heavy atom. The molecule has 2 heteroatoms. The van der Waals surface area contributed by atoms with Gasteiger partial charge in [0.2, 0.25) is 0 Å². The monoisotopic (exact) mass is 184 g/mol. The van der Waals surface area contributed by atoms with Crippen LogP contribution in [0.5, 0.6) is 0 Å². The van der Waals surface area contributed by atoms with Gasteiger partial charge in [0.05, 0.1) is 12.2 Å². The largest absolute Gasteiger partial charge is 0.392 e. The zero-order valence-electron chi connectivity index (χ0n) is 8.58. The van der Waals surface area contributed by atoms with E-state index in [9.17, 15) is 5.11 Å². The van der Waals surface area contributed by atoms with E-state index in [1.807, 2.05) is 13.0 Å². The van der Waals surface area contributed by atoms with Gasteiger partial charge in [-0.15, -0.1) is 6.58 Å². The standard InChI is InChI=1S/C11H20O2/c1-4-11(3,13)8-6-5-7-10(2)9-12/h4,7,12-13H,1,5-6,8-9H2,2-3H3/b10-7+. The topological polar surface area (TPSA) is 40.5 Å². The predicted molar refractivity (Wildman–Crippen MR) is 55.5 cm³/mol. The molecule has 0 amide bonds. The number of unbranched alkanes of at least 4 members (excludes halogenated alkanes) is 1. The third-order valence-corrected chi connectivity index (χ3v) is 2.07. The summed E-state index contributed by atoms with van der Waals surface area (Å²) < 4.78 is 0. The maximum absolute atomic E-state index is 9.56. The molecule has 0 aromatic rings. The van der Waals surface area contributed by atoms with Crippen LogP contribution in [0, 0.1) is 0 Å². The van der Waals surface area contributed by atoms with E-state index in [1.54, 1.807) is 13.0 Å². The second kappa shape index (κ2) is 5.95. The molecule has 0 aromatic heterocycles. The minimum absolute atomic E-state index is 0.123. The lowest BCUT2D eigenvalue weighted by atomic mass is 9.99. The summed E-state index contributed by atoms with van der Waals surface area (Å²) in [6.45, 7) is 7.33. The fraction of sp³-hybridized carbons (Fsp3) is 0.636. The summed E-state index contributed by atoms with van der Waals surface area (Å²) >= 11 is 0. The highest BCUT2D eigenvalue weighted by Crippen LogP contribution is 2.14. The number of aliphatic hydroxyl groups is 2. The molecule has 0 heterocycles. The Labute approximate surface area is 80.6 Å². The first kappa shape index (κ1) is 12.4. The lowest BCUT2D eigenvalue weighted by molar-refractivity contribution is 0.100. The molecule has 0 aliphatic rings. The fourth-order valence-corrected chi connectivity index (χ4v) is 0.975. The molecule has 2 N–H and O–H groups in total. The second-order valence-electron chi connectivity index (χ2n) is 3.66. The van der Waals surface area contributed by atoms with Crippen molar-refractivity contribution in [3.8, 4) is 0 Å². The third kappa shape index (κ3) is 6.55. The van der Waals surface area contributed by atoms with Gasteiger partial charge in [0, 0.05) is 0 Å². The Balaban J connectivity index is 3.63. The van der Waals surface area contributed by atoms with Crippen LogP contribution >= 0.6 is 0 Å².